The fourth-order valence-electron chi connectivity index (χ4n) is 1.80. The molecule has 0 radical (unpaired) electrons. The minimum atomic E-state index is -3.49. The molecule has 18 heavy (non-hydrogen) atoms. The minimum absolute atomic E-state index is 0.261. The summed E-state index contributed by atoms with van der Waals surface area (Å²) in [6, 6.07) is 6.55. The zero-order valence-corrected chi connectivity index (χ0v) is 11.9. The second-order valence-corrected chi connectivity index (χ2v) is 6.32. The van der Waals surface area contributed by atoms with E-state index in [0.717, 1.165) is 12.0 Å². The first-order valence-corrected chi connectivity index (χ1v) is 7.62. The predicted octanol–water partition coefficient (Wildman–Crippen LogP) is 1.69. The van der Waals surface area contributed by atoms with Crippen molar-refractivity contribution in [2.45, 2.75) is 50.7 Å². The summed E-state index contributed by atoms with van der Waals surface area (Å²) >= 11 is 0. The maximum absolute atomic E-state index is 12.0. The molecule has 5 heteroatoms. The van der Waals surface area contributed by atoms with Gasteiger partial charge in [-0.05, 0) is 44.4 Å². The molecule has 0 amide bonds. The Labute approximate surface area is 109 Å². The quantitative estimate of drug-likeness (QED) is 0.827. The number of aliphatic hydroxyl groups excluding tert-OH is 1. The lowest BCUT2D eigenvalue weighted by molar-refractivity contribution is 0.175. The zero-order valence-electron chi connectivity index (χ0n) is 11.1. The number of rotatable bonds is 6. The first kappa shape index (κ1) is 15.1. The molecule has 1 aromatic rings. The SMILES string of the molecule is CCc1ccc(S(=O)(=O)NC(C)CC(C)O)cc1. The summed E-state index contributed by atoms with van der Waals surface area (Å²) in [5.41, 5.74) is 1.10. The van der Waals surface area contributed by atoms with Gasteiger partial charge in [0, 0.05) is 6.04 Å². The van der Waals surface area contributed by atoms with Crippen LogP contribution in [0.1, 0.15) is 32.8 Å². The Hall–Kier alpha value is -0.910. The number of sulfonamides is 1. The van der Waals surface area contributed by atoms with Gasteiger partial charge in [0.05, 0.1) is 11.0 Å². The van der Waals surface area contributed by atoms with Gasteiger partial charge in [0.1, 0.15) is 0 Å². The Morgan fingerprint density at radius 3 is 2.22 bits per heavy atom. The number of aryl methyl sites for hydroxylation is 1. The molecule has 0 saturated heterocycles. The van der Waals surface area contributed by atoms with E-state index in [1.165, 1.54) is 0 Å². The number of hydrogen-bond donors (Lipinski definition) is 2. The van der Waals surface area contributed by atoms with Gasteiger partial charge in [-0.15, -0.1) is 0 Å². The molecule has 1 rings (SSSR count). The van der Waals surface area contributed by atoms with Crippen LogP contribution in [0.2, 0.25) is 0 Å². The standard InChI is InChI=1S/C13H21NO3S/c1-4-12-5-7-13(8-6-12)18(16,17)14-10(2)9-11(3)15/h5-8,10-11,14-15H,4,9H2,1-3H3. The van der Waals surface area contributed by atoms with E-state index in [-0.39, 0.29) is 10.9 Å². The molecule has 4 nitrogen and oxygen atoms in total. The van der Waals surface area contributed by atoms with Crippen molar-refractivity contribution in [3.8, 4) is 0 Å². The Balaban J connectivity index is 2.79. The first-order valence-electron chi connectivity index (χ1n) is 6.14. The number of hydrogen-bond acceptors (Lipinski definition) is 3. The van der Waals surface area contributed by atoms with E-state index in [9.17, 15) is 13.5 Å². The monoisotopic (exact) mass is 271 g/mol. The summed E-state index contributed by atoms with van der Waals surface area (Å²) in [6.07, 6.45) is 0.753. The molecule has 0 aromatic heterocycles. The van der Waals surface area contributed by atoms with Crippen LogP contribution in [0.5, 0.6) is 0 Å². The second-order valence-electron chi connectivity index (χ2n) is 4.60. The van der Waals surface area contributed by atoms with E-state index in [2.05, 4.69) is 4.72 Å². The third-order valence-electron chi connectivity index (χ3n) is 2.69. The van der Waals surface area contributed by atoms with Crippen molar-refractivity contribution in [3.63, 3.8) is 0 Å². The van der Waals surface area contributed by atoms with Crippen LogP contribution in [0, 0.1) is 0 Å². The van der Waals surface area contributed by atoms with Crippen molar-refractivity contribution in [1.82, 2.24) is 4.72 Å². The van der Waals surface area contributed by atoms with E-state index >= 15 is 0 Å². The summed E-state index contributed by atoms with van der Waals surface area (Å²) in [5, 5.41) is 9.22. The second kappa shape index (κ2) is 6.31. The van der Waals surface area contributed by atoms with Crippen molar-refractivity contribution in [1.29, 1.82) is 0 Å². The van der Waals surface area contributed by atoms with Crippen LogP contribution in [0.3, 0.4) is 0 Å². The Morgan fingerprint density at radius 1 is 1.22 bits per heavy atom. The van der Waals surface area contributed by atoms with Crippen molar-refractivity contribution in [2.75, 3.05) is 0 Å². The topological polar surface area (TPSA) is 66.4 Å². The minimum Gasteiger partial charge on any atom is -0.393 e. The van der Waals surface area contributed by atoms with Gasteiger partial charge in [-0.25, -0.2) is 13.1 Å². The van der Waals surface area contributed by atoms with Gasteiger partial charge in [0.15, 0.2) is 0 Å². The smallest absolute Gasteiger partial charge is 0.240 e. The van der Waals surface area contributed by atoms with Crippen LogP contribution in [-0.4, -0.2) is 25.7 Å². The van der Waals surface area contributed by atoms with Gasteiger partial charge in [0.25, 0.3) is 0 Å². The molecule has 0 fully saturated rings. The molecule has 0 aliphatic carbocycles. The molecule has 0 aliphatic heterocycles. The van der Waals surface area contributed by atoms with E-state index in [1.807, 2.05) is 19.1 Å². The third kappa shape index (κ3) is 4.40. The maximum atomic E-state index is 12.0. The molecule has 2 atom stereocenters. The molecular formula is C13H21NO3S. The molecule has 2 N–H and O–H groups in total. The Bertz CT molecular complexity index is 466. The van der Waals surface area contributed by atoms with Gasteiger partial charge in [0.2, 0.25) is 10.0 Å². The lowest BCUT2D eigenvalue weighted by atomic mass is 10.2. The van der Waals surface area contributed by atoms with Crippen molar-refractivity contribution in [2.24, 2.45) is 0 Å². The van der Waals surface area contributed by atoms with Crippen LogP contribution in [0.25, 0.3) is 0 Å². The van der Waals surface area contributed by atoms with Crippen LogP contribution in [0.15, 0.2) is 29.2 Å². The molecule has 0 bridgehead atoms. The highest BCUT2D eigenvalue weighted by molar-refractivity contribution is 7.89. The largest absolute Gasteiger partial charge is 0.393 e. The highest BCUT2D eigenvalue weighted by Crippen LogP contribution is 2.12. The van der Waals surface area contributed by atoms with Gasteiger partial charge >= 0.3 is 0 Å². The molecule has 0 spiro atoms. The fourth-order valence-corrected chi connectivity index (χ4v) is 3.05. The van der Waals surface area contributed by atoms with Crippen LogP contribution in [0.4, 0.5) is 0 Å². The van der Waals surface area contributed by atoms with Crippen molar-refractivity contribution < 1.29 is 13.5 Å². The molecule has 0 aliphatic rings. The number of nitrogens with one attached hydrogen (secondary N) is 1. The van der Waals surface area contributed by atoms with E-state index in [1.54, 1.807) is 26.0 Å². The summed E-state index contributed by atoms with van der Waals surface area (Å²) in [7, 11) is -3.49. The molecule has 0 saturated carbocycles. The molecule has 0 heterocycles. The van der Waals surface area contributed by atoms with Crippen LogP contribution in [-0.2, 0) is 16.4 Å². The predicted molar refractivity (Wildman–Crippen MR) is 71.9 cm³/mol. The van der Waals surface area contributed by atoms with Crippen molar-refractivity contribution in [3.05, 3.63) is 29.8 Å². The first-order chi connectivity index (χ1) is 8.35. The fraction of sp³-hybridized carbons (Fsp3) is 0.538. The van der Waals surface area contributed by atoms with Gasteiger partial charge < -0.3 is 5.11 Å². The van der Waals surface area contributed by atoms with Crippen LogP contribution < -0.4 is 4.72 Å². The molecular weight excluding hydrogens is 250 g/mol. The van der Waals surface area contributed by atoms with Crippen molar-refractivity contribution >= 4 is 10.0 Å². The zero-order chi connectivity index (χ0) is 13.8. The average molecular weight is 271 g/mol. The Kier molecular flexibility index (Phi) is 5.31. The molecule has 2 unspecified atom stereocenters. The maximum Gasteiger partial charge on any atom is 0.240 e. The molecule has 1 aromatic carbocycles. The highest BCUT2D eigenvalue weighted by Gasteiger charge is 2.17. The van der Waals surface area contributed by atoms with Gasteiger partial charge in [-0.3, -0.25) is 0 Å². The van der Waals surface area contributed by atoms with Gasteiger partial charge in [-0.1, -0.05) is 19.1 Å². The normalized spacial score (nSPS) is 15.3. The lowest BCUT2D eigenvalue weighted by Crippen LogP contribution is -2.34. The van der Waals surface area contributed by atoms with Crippen LogP contribution >= 0.6 is 0 Å². The summed E-state index contributed by atoms with van der Waals surface area (Å²) < 4.78 is 26.6. The highest BCUT2D eigenvalue weighted by atomic mass is 32.2. The number of aliphatic hydroxyl groups is 1. The number of benzene rings is 1. The Morgan fingerprint density at radius 2 is 1.78 bits per heavy atom. The summed E-state index contributed by atoms with van der Waals surface area (Å²) in [4.78, 5) is 0.261. The third-order valence-corrected chi connectivity index (χ3v) is 4.30. The van der Waals surface area contributed by atoms with E-state index < -0.39 is 16.1 Å². The summed E-state index contributed by atoms with van der Waals surface area (Å²) in [5.74, 6) is 0. The average Bonchev–Trinajstić information content (AvgIpc) is 2.27. The molecule has 102 valence electrons. The van der Waals surface area contributed by atoms with E-state index in [0.29, 0.717) is 6.42 Å². The summed E-state index contributed by atoms with van der Waals surface area (Å²) in [6.45, 7) is 5.40. The van der Waals surface area contributed by atoms with E-state index in [4.69, 9.17) is 0 Å². The lowest BCUT2D eigenvalue weighted by Gasteiger charge is -2.15. The van der Waals surface area contributed by atoms with Gasteiger partial charge in [-0.2, -0.15) is 0 Å².